The lowest BCUT2D eigenvalue weighted by molar-refractivity contribution is 0.102. The van der Waals surface area contributed by atoms with Crippen LogP contribution in [-0.4, -0.2) is 41.1 Å². The van der Waals surface area contributed by atoms with E-state index >= 15 is 0 Å². The number of fused-ring (bicyclic) bond motifs is 1. The van der Waals surface area contributed by atoms with Gasteiger partial charge in [0.25, 0.3) is 5.91 Å². The number of aromatic nitrogens is 1. The zero-order valence-corrected chi connectivity index (χ0v) is 19.5. The average molecular weight is 469 g/mol. The maximum atomic E-state index is 15.0. The van der Waals surface area contributed by atoms with Gasteiger partial charge in [0.2, 0.25) is 0 Å². The number of halogens is 1. The number of nitrogens with zero attached hydrogens (tertiary/aromatic N) is 2. The van der Waals surface area contributed by atoms with Crippen molar-refractivity contribution in [1.82, 2.24) is 4.98 Å². The number of carbonyl (C=O) groups is 1. The Balaban J connectivity index is 1.59. The van der Waals surface area contributed by atoms with Crippen molar-refractivity contribution in [3.63, 3.8) is 0 Å². The molecule has 33 heavy (non-hydrogen) atoms. The Labute approximate surface area is 196 Å². The van der Waals surface area contributed by atoms with Gasteiger partial charge >= 0.3 is 0 Å². The number of amides is 1. The second-order valence-electron chi connectivity index (χ2n) is 8.43. The maximum absolute atomic E-state index is 15.0. The monoisotopic (exact) mass is 468 g/mol. The van der Waals surface area contributed by atoms with Gasteiger partial charge in [0.1, 0.15) is 23.9 Å². The molecule has 0 saturated heterocycles. The molecule has 2 aromatic rings. The van der Waals surface area contributed by atoms with E-state index in [2.05, 4.69) is 21.2 Å². The average Bonchev–Trinajstić information content (AvgIpc) is 3.48. The minimum Gasteiger partial charge on any atom is -0.479 e. The summed E-state index contributed by atoms with van der Waals surface area (Å²) < 4.78 is 25.5. The Morgan fingerprint density at radius 3 is 2.94 bits per heavy atom. The minimum atomic E-state index is -0.858. The van der Waals surface area contributed by atoms with E-state index in [-0.39, 0.29) is 23.0 Å². The third kappa shape index (κ3) is 4.28. The third-order valence-corrected chi connectivity index (χ3v) is 7.38. The molecule has 1 aromatic heterocycles. The van der Waals surface area contributed by atoms with Crippen LogP contribution in [0.3, 0.4) is 0 Å². The van der Waals surface area contributed by atoms with Gasteiger partial charge in [-0.15, -0.1) is 6.42 Å². The van der Waals surface area contributed by atoms with Gasteiger partial charge in [0, 0.05) is 24.3 Å². The fraction of sp³-hybridized carbons (Fsp3) is 0.375. The van der Waals surface area contributed by atoms with Crippen LogP contribution in [0.1, 0.15) is 35.0 Å². The first kappa shape index (κ1) is 23.1. The third-order valence-electron chi connectivity index (χ3n) is 6.10. The first-order valence-corrected chi connectivity index (χ1v) is 11.2. The zero-order chi connectivity index (χ0) is 23.8. The van der Waals surface area contributed by atoms with Crippen LogP contribution in [0.2, 0.25) is 0 Å². The SMILES string of the molecule is C#CCOc1cnc(C(=O)Nc2ccc(F)c([C@@]3(C)N=C(N)S[C@@]4(COC)C[C@H]43)c2)c(C)c1. The number of nitrogens with two attached hydrogens (primary N) is 1. The molecule has 3 N–H and O–H groups in total. The maximum Gasteiger partial charge on any atom is 0.274 e. The number of hydrogen-bond donors (Lipinski definition) is 2. The Morgan fingerprint density at radius 2 is 2.24 bits per heavy atom. The number of ether oxygens (including phenoxy) is 2. The Morgan fingerprint density at radius 1 is 1.45 bits per heavy atom. The molecule has 0 radical (unpaired) electrons. The normalized spacial score (nSPS) is 25.4. The Kier molecular flexibility index (Phi) is 6.08. The molecule has 2 heterocycles. The van der Waals surface area contributed by atoms with Gasteiger partial charge in [-0.3, -0.25) is 9.79 Å². The lowest BCUT2D eigenvalue weighted by atomic mass is 9.85. The molecule has 1 fully saturated rings. The van der Waals surface area contributed by atoms with E-state index in [0.29, 0.717) is 34.3 Å². The summed E-state index contributed by atoms with van der Waals surface area (Å²) in [5.41, 5.74) is 6.95. The van der Waals surface area contributed by atoms with Crippen molar-refractivity contribution in [3.8, 4) is 18.1 Å². The number of nitrogens with one attached hydrogen (secondary N) is 1. The molecule has 1 aliphatic heterocycles. The first-order valence-electron chi connectivity index (χ1n) is 10.4. The predicted octanol–water partition coefficient (Wildman–Crippen LogP) is 3.48. The van der Waals surface area contributed by atoms with Gasteiger partial charge in [-0.2, -0.15) is 0 Å². The number of benzene rings is 1. The van der Waals surface area contributed by atoms with Crippen molar-refractivity contribution in [3.05, 3.63) is 53.1 Å². The van der Waals surface area contributed by atoms with Crippen LogP contribution in [0.4, 0.5) is 10.1 Å². The molecular weight excluding hydrogens is 443 g/mol. The number of terminal acetylenes is 1. The van der Waals surface area contributed by atoms with Crippen LogP contribution in [0.25, 0.3) is 0 Å². The molecule has 1 aromatic carbocycles. The number of anilines is 1. The summed E-state index contributed by atoms with van der Waals surface area (Å²) in [4.78, 5) is 21.7. The van der Waals surface area contributed by atoms with Crippen molar-refractivity contribution < 1.29 is 18.7 Å². The highest BCUT2D eigenvalue weighted by atomic mass is 32.2. The van der Waals surface area contributed by atoms with E-state index in [1.165, 1.54) is 30.1 Å². The van der Waals surface area contributed by atoms with Crippen LogP contribution in [0.5, 0.6) is 5.75 Å². The van der Waals surface area contributed by atoms with Gasteiger partial charge in [0.15, 0.2) is 5.17 Å². The number of carbonyl (C=O) groups excluding carboxylic acids is 1. The van der Waals surface area contributed by atoms with Crippen molar-refractivity contribution in [1.29, 1.82) is 0 Å². The van der Waals surface area contributed by atoms with E-state index in [1.807, 2.05) is 6.92 Å². The quantitative estimate of drug-likeness (QED) is 0.604. The molecule has 1 aliphatic carbocycles. The fourth-order valence-electron chi connectivity index (χ4n) is 4.50. The molecule has 1 saturated carbocycles. The standard InChI is InChI=1S/C24H25FN4O3S/c1-5-8-32-16-9-14(2)20(27-12-16)21(30)28-15-6-7-18(25)17(10-15)23(3)19-11-24(19,13-31-4)33-22(26)29-23/h1,6-7,9-10,12,19H,8,11,13H2,2-4H3,(H2,26,29)(H,28,30)/t19-,23+,24+/m0/s1. The first-order chi connectivity index (χ1) is 15.7. The van der Waals surface area contributed by atoms with Gasteiger partial charge in [0.05, 0.1) is 23.1 Å². The summed E-state index contributed by atoms with van der Waals surface area (Å²) in [6.45, 7) is 4.26. The molecule has 1 amide bonds. The molecule has 172 valence electrons. The largest absolute Gasteiger partial charge is 0.479 e. The number of thioether (sulfide) groups is 1. The van der Waals surface area contributed by atoms with Crippen molar-refractivity contribution in [2.45, 2.75) is 30.6 Å². The highest BCUT2D eigenvalue weighted by molar-refractivity contribution is 8.15. The topological polar surface area (TPSA) is 98.8 Å². The van der Waals surface area contributed by atoms with Gasteiger partial charge in [-0.1, -0.05) is 17.7 Å². The summed E-state index contributed by atoms with van der Waals surface area (Å²) in [5, 5.41) is 3.22. The van der Waals surface area contributed by atoms with E-state index in [1.54, 1.807) is 26.2 Å². The minimum absolute atomic E-state index is 0.0715. The molecule has 2 aliphatic rings. The Bertz CT molecular complexity index is 1180. The molecule has 0 bridgehead atoms. The predicted molar refractivity (Wildman–Crippen MR) is 127 cm³/mol. The zero-order valence-electron chi connectivity index (χ0n) is 18.6. The van der Waals surface area contributed by atoms with E-state index in [4.69, 9.17) is 21.6 Å². The molecule has 0 spiro atoms. The summed E-state index contributed by atoms with van der Waals surface area (Å²) >= 11 is 1.49. The van der Waals surface area contributed by atoms with Crippen molar-refractivity contribution in [2.75, 3.05) is 25.6 Å². The molecule has 0 unspecified atom stereocenters. The number of aliphatic imine (C=N–C) groups is 1. The lowest BCUT2D eigenvalue weighted by Crippen LogP contribution is -2.37. The van der Waals surface area contributed by atoms with Crippen molar-refractivity contribution in [2.24, 2.45) is 16.6 Å². The highest BCUT2D eigenvalue weighted by Gasteiger charge is 2.66. The number of amidine groups is 1. The molecule has 4 rings (SSSR count). The van der Waals surface area contributed by atoms with Crippen LogP contribution in [0, 0.1) is 31.0 Å². The number of rotatable bonds is 7. The van der Waals surface area contributed by atoms with Crippen LogP contribution in [-0.2, 0) is 10.3 Å². The number of methoxy groups -OCH3 is 1. The second kappa shape index (κ2) is 8.69. The Hall–Kier alpha value is -3.09. The molecule has 9 heteroatoms. The van der Waals surface area contributed by atoms with E-state index < -0.39 is 17.3 Å². The summed E-state index contributed by atoms with van der Waals surface area (Å²) in [7, 11) is 1.64. The van der Waals surface area contributed by atoms with Crippen LogP contribution in [0.15, 0.2) is 35.5 Å². The summed E-state index contributed by atoms with van der Waals surface area (Å²) in [6, 6.07) is 6.16. The fourth-order valence-corrected chi connectivity index (χ4v) is 5.95. The molecular formula is C24H25FN4O3S. The summed E-state index contributed by atoms with van der Waals surface area (Å²) in [5.74, 6) is 2.11. The van der Waals surface area contributed by atoms with Gasteiger partial charge in [-0.25, -0.2) is 9.37 Å². The number of hydrogen-bond acceptors (Lipinski definition) is 7. The number of pyridine rings is 1. The van der Waals surface area contributed by atoms with E-state index in [9.17, 15) is 9.18 Å². The van der Waals surface area contributed by atoms with Crippen LogP contribution < -0.4 is 15.8 Å². The second-order valence-corrected chi connectivity index (χ2v) is 9.87. The smallest absolute Gasteiger partial charge is 0.274 e. The van der Waals surface area contributed by atoms with Crippen molar-refractivity contribution >= 4 is 28.5 Å². The van der Waals surface area contributed by atoms with E-state index in [0.717, 1.165) is 6.42 Å². The summed E-state index contributed by atoms with van der Waals surface area (Å²) in [6.07, 6.45) is 7.46. The van der Waals surface area contributed by atoms with Crippen LogP contribution >= 0.6 is 11.8 Å². The highest BCUT2D eigenvalue weighted by Crippen LogP contribution is 2.66. The molecule has 3 atom stereocenters. The lowest BCUT2D eigenvalue weighted by Gasteiger charge is -2.34. The number of aryl methyl sites for hydroxylation is 1. The van der Waals surface area contributed by atoms with Gasteiger partial charge in [-0.05, 0) is 50.1 Å². The van der Waals surface area contributed by atoms with Gasteiger partial charge < -0.3 is 20.5 Å². The molecule has 7 nitrogen and oxygen atoms in total.